The number of nitrogens with two attached hydrogens (primary N) is 1. The summed E-state index contributed by atoms with van der Waals surface area (Å²) in [4.78, 5) is 1.78. The summed E-state index contributed by atoms with van der Waals surface area (Å²) in [5, 5.41) is 0. The molecule has 1 aromatic carbocycles. The molecular weight excluding hydrogens is 266 g/mol. The molecule has 1 aliphatic rings. The summed E-state index contributed by atoms with van der Waals surface area (Å²) in [7, 11) is 0. The number of nitrogens with zero attached hydrogens (tertiary/aromatic N) is 1. The molecule has 0 saturated heterocycles. The van der Waals surface area contributed by atoms with Crippen molar-refractivity contribution in [2.24, 2.45) is 11.7 Å². The van der Waals surface area contributed by atoms with Gasteiger partial charge < -0.3 is 10.6 Å². The lowest BCUT2D eigenvalue weighted by atomic mass is 10.1. The fourth-order valence-electron chi connectivity index (χ4n) is 2.12. The fraction of sp³-hybridized carbons (Fsp3) is 0.500. The molecule has 1 aliphatic carbocycles. The number of hydrogen-bond acceptors (Lipinski definition) is 2. The first-order valence-corrected chi connectivity index (χ1v) is 6.87. The Bertz CT molecular complexity index is 498. The highest BCUT2D eigenvalue weighted by atomic mass is 32.1. The molecule has 0 unspecified atom stereocenters. The van der Waals surface area contributed by atoms with Gasteiger partial charge in [0, 0.05) is 18.2 Å². The second-order valence-corrected chi connectivity index (χ2v) is 5.75. The van der Waals surface area contributed by atoms with Crippen molar-refractivity contribution in [2.75, 3.05) is 11.4 Å². The Morgan fingerprint density at radius 1 is 1.37 bits per heavy atom. The van der Waals surface area contributed by atoms with Gasteiger partial charge >= 0.3 is 0 Å². The molecule has 2 rings (SSSR count). The Morgan fingerprint density at radius 3 is 2.47 bits per heavy atom. The molecular formula is C14H18F2N2S. The number of benzene rings is 1. The van der Waals surface area contributed by atoms with Crippen molar-refractivity contribution in [3.63, 3.8) is 0 Å². The van der Waals surface area contributed by atoms with E-state index in [0.29, 0.717) is 11.6 Å². The number of anilines is 1. The predicted octanol–water partition coefficient (Wildman–Crippen LogP) is 3.22. The summed E-state index contributed by atoms with van der Waals surface area (Å²) in [6, 6.07) is 3.14. The SMILES string of the molecule is CC(C)N(CC1CC1)c1ccc(C(N)=S)c(F)c1F. The first-order chi connectivity index (χ1) is 8.91. The van der Waals surface area contributed by atoms with Gasteiger partial charge in [0.15, 0.2) is 11.6 Å². The quantitative estimate of drug-likeness (QED) is 0.842. The smallest absolute Gasteiger partial charge is 0.182 e. The normalized spacial score (nSPS) is 14.8. The predicted molar refractivity (Wildman–Crippen MR) is 77.5 cm³/mol. The lowest BCUT2D eigenvalue weighted by molar-refractivity contribution is 0.499. The van der Waals surface area contributed by atoms with Gasteiger partial charge in [0.25, 0.3) is 0 Å². The minimum absolute atomic E-state index is 0.0358. The average Bonchev–Trinajstić information content (AvgIpc) is 3.13. The standard InChI is InChI=1S/C14H18F2N2S/c1-8(2)18(7-9-3-4-9)11-6-5-10(14(17)19)12(15)13(11)16/h5-6,8-9H,3-4,7H2,1-2H3,(H2,17,19). The highest BCUT2D eigenvalue weighted by Crippen LogP contribution is 2.34. The van der Waals surface area contributed by atoms with E-state index in [4.69, 9.17) is 18.0 Å². The van der Waals surface area contributed by atoms with Gasteiger partial charge in [-0.25, -0.2) is 8.78 Å². The Labute approximate surface area is 117 Å². The molecule has 0 heterocycles. The minimum Gasteiger partial charge on any atom is -0.389 e. The maximum absolute atomic E-state index is 14.2. The van der Waals surface area contributed by atoms with Crippen molar-refractivity contribution < 1.29 is 8.78 Å². The molecule has 0 amide bonds. The van der Waals surface area contributed by atoms with Crippen LogP contribution in [-0.2, 0) is 0 Å². The Kier molecular flexibility index (Phi) is 4.04. The lowest BCUT2D eigenvalue weighted by Crippen LogP contribution is -2.34. The fourth-order valence-corrected chi connectivity index (χ4v) is 2.27. The van der Waals surface area contributed by atoms with Crippen LogP contribution in [0.1, 0.15) is 32.3 Å². The summed E-state index contributed by atoms with van der Waals surface area (Å²) in [6.45, 7) is 4.71. The van der Waals surface area contributed by atoms with Crippen molar-refractivity contribution in [3.8, 4) is 0 Å². The van der Waals surface area contributed by atoms with Crippen LogP contribution in [0, 0.1) is 17.6 Å². The monoisotopic (exact) mass is 284 g/mol. The van der Waals surface area contributed by atoms with Crippen LogP contribution in [0.25, 0.3) is 0 Å². The zero-order valence-corrected chi connectivity index (χ0v) is 11.9. The third-order valence-electron chi connectivity index (χ3n) is 3.41. The van der Waals surface area contributed by atoms with Gasteiger partial charge in [0.1, 0.15) is 4.99 Å². The Morgan fingerprint density at radius 2 is 2.00 bits per heavy atom. The third-order valence-corrected chi connectivity index (χ3v) is 3.63. The van der Waals surface area contributed by atoms with Crippen molar-refractivity contribution in [1.29, 1.82) is 0 Å². The first-order valence-electron chi connectivity index (χ1n) is 6.46. The largest absolute Gasteiger partial charge is 0.389 e. The van der Waals surface area contributed by atoms with E-state index >= 15 is 0 Å². The third kappa shape index (κ3) is 3.03. The van der Waals surface area contributed by atoms with Crippen LogP contribution in [0.3, 0.4) is 0 Å². The molecule has 1 fully saturated rings. The summed E-state index contributed by atoms with van der Waals surface area (Å²) in [5.41, 5.74) is 5.63. The van der Waals surface area contributed by atoms with Crippen molar-refractivity contribution in [2.45, 2.75) is 32.7 Å². The van der Waals surface area contributed by atoms with E-state index in [1.807, 2.05) is 18.7 Å². The number of rotatable bonds is 5. The van der Waals surface area contributed by atoms with Gasteiger partial charge in [0.05, 0.1) is 5.69 Å². The van der Waals surface area contributed by atoms with E-state index in [1.165, 1.54) is 6.07 Å². The molecule has 2 N–H and O–H groups in total. The maximum Gasteiger partial charge on any atom is 0.182 e. The molecule has 5 heteroatoms. The van der Waals surface area contributed by atoms with E-state index in [0.717, 1.165) is 19.4 Å². The molecule has 0 atom stereocenters. The Hall–Kier alpha value is -1.23. The molecule has 19 heavy (non-hydrogen) atoms. The van der Waals surface area contributed by atoms with Gasteiger partial charge in [-0.05, 0) is 44.7 Å². The molecule has 1 aromatic rings. The van der Waals surface area contributed by atoms with Crippen LogP contribution in [-0.4, -0.2) is 17.6 Å². The van der Waals surface area contributed by atoms with Crippen LogP contribution in [0.4, 0.5) is 14.5 Å². The van der Waals surface area contributed by atoms with E-state index in [1.54, 1.807) is 6.07 Å². The summed E-state index contributed by atoms with van der Waals surface area (Å²) in [6.07, 6.45) is 2.33. The second-order valence-electron chi connectivity index (χ2n) is 5.31. The highest BCUT2D eigenvalue weighted by molar-refractivity contribution is 7.80. The number of halogens is 2. The van der Waals surface area contributed by atoms with Gasteiger partial charge in [-0.2, -0.15) is 0 Å². The van der Waals surface area contributed by atoms with Crippen molar-refractivity contribution in [3.05, 3.63) is 29.3 Å². The number of hydrogen-bond donors (Lipinski definition) is 1. The van der Waals surface area contributed by atoms with Crippen LogP contribution in [0.15, 0.2) is 12.1 Å². The molecule has 0 bridgehead atoms. The minimum atomic E-state index is -0.952. The van der Waals surface area contributed by atoms with Gasteiger partial charge in [-0.3, -0.25) is 0 Å². The van der Waals surface area contributed by atoms with E-state index in [2.05, 4.69) is 0 Å². The molecule has 0 radical (unpaired) electrons. The van der Waals surface area contributed by atoms with Gasteiger partial charge in [0.2, 0.25) is 0 Å². The van der Waals surface area contributed by atoms with Crippen molar-refractivity contribution in [1.82, 2.24) is 0 Å². The van der Waals surface area contributed by atoms with Crippen LogP contribution in [0.2, 0.25) is 0 Å². The zero-order chi connectivity index (χ0) is 14.2. The molecule has 0 aromatic heterocycles. The van der Waals surface area contributed by atoms with E-state index < -0.39 is 11.6 Å². The Balaban J connectivity index is 2.36. The zero-order valence-electron chi connectivity index (χ0n) is 11.1. The van der Waals surface area contributed by atoms with E-state index in [9.17, 15) is 8.78 Å². The lowest BCUT2D eigenvalue weighted by Gasteiger charge is -2.29. The van der Waals surface area contributed by atoms with Gasteiger partial charge in [-0.15, -0.1) is 0 Å². The van der Waals surface area contributed by atoms with Gasteiger partial charge in [-0.1, -0.05) is 12.2 Å². The molecule has 0 spiro atoms. The molecule has 2 nitrogen and oxygen atoms in total. The van der Waals surface area contributed by atoms with Crippen LogP contribution < -0.4 is 10.6 Å². The number of thiocarbonyl (C=S) groups is 1. The van der Waals surface area contributed by atoms with Crippen molar-refractivity contribution >= 4 is 22.9 Å². The van der Waals surface area contributed by atoms with Crippen LogP contribution in [0.5, 0.6) is 0 Å². The molecule has 0 aliphatic heterocycles. The highest BCUT2D eigenvalue weighted by Gasteiger charge is 2.28. The molecule has 1 saturated carbocycles. The summed E-state index contributed by atoms with van der Waals surface area (Å²) in [5.74, 6) is -1.22. The van der Waals surface area contributed by atoms with Crippen LogP contribution >= 0.6 is 12.2 Å². The first kappa shape index (κ1) is 14.2. The maximum atomic E-state index is 14.2. The topological polar surface area (TPSA) is 29.3 Å². The van der Waals surface area contributed by atoms with E-state index in [-0.39, 0.29) is 16.6 Å². The summed E-state index contributed by atoms with van der Waals surface area (Å²) < 4.78 is 28.1. The molecule has 104 valence electrons. The summed E-state index contributed by atoms with van der Waals surface area (Å²) >= 11 is 4.71. The average molecular weight is 284 g/mol. The second kappa shape index (κ2) is 5.41.